The zero-order valence-electron chi connectivity index (χ0n) is 3.71. The van der Waals surface area contributed by atoms with Crippen LogP contribution in [-0.2, 0) is 0 Å². The van der Waals surface area contributed by atoms with Crippen molar-refractivity contribution in [3.05, 3.63) is 12.2 Å². The second kappa shape index (κ2) is 2.07. The van der Waals surface area contributed by atoms with E-state index in [1.165, 1.54) is 0 Å². The van der Waals surface area contributed by atoms with Crippen LogP contribution in [0.1, 0.15) is 0 Å². The van der Waals surface area contributed by atoms with Gasteiger partial charge < -0.3 is 0 Å². The van der Waals surface area contributed by atoms with Crippen molar-refractivity contribution < 1.29 is 0 Å². The molecule has 1 atom stereocenters. The molecule has 0 spiro atoms. The number of rotatable bonds is 0. The van der Waals surface area contributed by atoms with Gasteiger partial charge in [0.2, 0.25) is 0 Å². The molecule has 1 heterocycles. The zero-order chi connectivity index (χ0) is 5.11. The van der Waals surface area contributed by atoms with E-state index in [4.69, 9.17) is 11.6 Å². The molecule has 1 aliphatic heterocycles. The maximum absolute atomic E-state index is 5.47. The molecule has 0 saturated carbocycles. The molecule has 0 aliphatic carbocycles. The maximum atomic E-state index is 5.47. The minimum Gasteiger partial charge on any atom is -0.188 e. The van der Waals surface area contributed by atoms with Gasteiger partial charge in [0.15, 0.2) is 5.50 Å². The molecule has 0 aromatic carbocycles. The summed E-state index contributed by atoms with van der Waals surface area (Å²) in [6.45, 7) is 0.684. The predicted molar refractivity (Wildman–Crippen MR) is 28.5 cm³/mol. The van der Waals surface area contributed by atoms with Crippen molar-refractivity contribution in [1.82, 2.24) is 0 Å². The number of halogens is 1. The summed E-state index contributed by atoms with van der Waals surface area (Å²) >= 11 is 5.47. The summed E-state index contributed by atoms with van der Waals surface area (Å²) in [5.41, 5.74) is -0.214. The largest absolute Gasteiger partial charge is 0.188 e. The molecule has 0 aromatic heterocycles. The molecule has 0 bridgehead atoms. The van der Waals surface area contributed by atoms with E-state index in [0.29, 0.717) is 6.54 Å². The van der Waals surface area contributed by atoms with Crippen LogP contribution in [-0.4, -0.2) is 12.0 Å². The Morgan fingerprint density at radius 1 is 1.71 bits per heavy atom. The van der Waals surface area contributed by atoms with Gasteiger partial charge in [-0.1, -0.05) is 17.7 Å². The van der Waals surface area contributed by atoms with E-state index in [9.17, 15) is 0 Å². The van der Waals surface area contributed by atoms with Crippen molar-refractivity contribution in [1.29, 1.82) is 0 Å². The van der Waals surface area contributed by atoms with Crippen molar-refractivity contribution in [2.45, 2.75) is 5.50 Å². The fourth-order valence-electron chi connectivity index (χ4n) is 0.384. The lowest BCUT2D eigenvalue weighted by Gasteiger charge is -1.96. The number of azo groups is 1. The van der Waals surface area contributed by atoms with Crippen LogP contribution in [0.25, 0.3) is 0 Å². The molecule has 0 aromatic rings. The third-order valence-electron chi connectivity index (χ3n) is 0.674. The topological polar surface area (TPSA) is 24.7 Å². The Balaban J connectivity index is 2.49. The molecule has 1 rings (SSSR count). The van der Waals surface area contributed by atoms with Crippen LogP contribution < -0.4 is 0 Å². The summed E-state index contributed by atoms with van der Waals surface area (Å²) in [5, 5.41) is 7.30. The fourth-order valence-corrected chi connectivity index (χ4v) is 0.549. The number of hydrogen-bond donors (Lipinski definition) is 0. The van der Waals surface area contributed by atoms with Gasteiger partial charge in [0.1, 0.15) is 0 Å². The summed E-state index contributed by atoms with van der Waals surface area (Å²) in [6, 6.07) is 0. The fraction of sp³-hybridized carbons (Fsp3) is 0.500. The first-order chi connectivity index (χ1) is 3.39. The minimum atomic E-state index is -0.214. The van der Waals surface area contributed by atoms with E-state index >= 15 is 0 Å². The zero-order valence-corrected chi connectivity index (χ0v) is 4.47. The Bertz CT molecular complexity index is 96.3. The van der Waals surface area contributed by atoms with Crippen molar-refractivity contribution in [2.75, 3.05) is 6.54 Å². The molecular formula is C4H5ClN2. The Hall–Kier alpha value is -0.370. The lowest BCUT2D eigenvalue weighted by atomic mass is 10.5. The lowest BCUT2D eigenvalue weighted by Crippen LogP contribution is -1.90. The molecular weight excluding hydrogens is 112 g/mol. The van der Waals surface area contributed by atoms with Gasteiger partial charge in [0.25, 0.3) is 0 Å². The Kier molecular flexibility index (Phi) is 1.42. The van der Waals surface area contributed by atoms with Crippen molar-refractivity contribution >= 4 is 11.6 Å². The lowest BCUT2D eigenvalue weighted by molar-refractivity contribution is 0.896. The molecule has 1 unspecified atom stereocenters. The van der Waals surface area contributed by atoms with E-state index in [1.54, 1.807) is 0 Å². The molecule has 1 aliphatic rings. The maximum Gasteiger partial charge on any atom is 0.162 e. The first-order valence-corrected chi connectivity index (χ1v) is 2.50. The van der Waals surface area contributed by atoms with E-state index in [1.807, 2.05) is 12.2 Å². The van der Waals surface area contributed by atoms with Crippen molar-refractivity contribution in [3.63, 3.8) is 0 Å². The number of nitrogens with zero attached hydrogens (tertiary/aromatic N) is 2. The van der Waals surface area contributed by atoms with Crippen LogP contribution in [0.4, 0.5) is 0 Å². The first kappa shape index (κ1) is 4.78. The van der Waals surface area contributed by atoms with E-state index in [-0.39, 0.29) is 5.50 Å². The molecule has 0 saturated heterocycles. The highest BCUT2D eigenvalue weighted by molar-refractivity contribution is 6.21. The highest BCUT2D eigenvalue weighted by Gasteiger charge is 1.95. The van der Waals surface area contributed by atoms with E-state index in [2.05, 4.69) is 10.2 Å². The third kappa shape index (κ3) is 1.27. The average Bonchev–Trinajstić information content (AvgIpc) is 1.69. The summed E-state index contributed by atoms with van der Waals surface area (Å²) in [7, 11) is 0. The van der Waals surface area contributed by atoms with Gasteiger partial charge in [-0.3, -0.25) is 0 Å². The predicted octanol–water partition coefficient (Wildman–Crippen LogP) is 1.57. The van der Waals surface area contributed by atoms with E-state index in [0.717, 1.165) is 0 Å². The third-order valence-corrected chi connectivity index (χ3v) is 0.907. The van der Waals surface area contributed by atoms with Crippen LogP contribution >= 0.6 is 11.6 Å². The van der Waals surface area contributed by atoms with Gasteiger partial charge in [0.05, 0.1) is 6.54 Å². The van der Waals surface area contributed by atoms with Gasteiger partial charge in [-0.05, 0) is 6.08 Å². The van der Waals surface area contributed by atoms with Gasteiger partial charge in [-0.2, -0.15) is 10.2 Å². The highest BCUT2D eigenvalue weighted by atomic mass is 35.5. The normalized spacial score (nSPS) is 28.4. The molecule has 3 heteroatoms. The standard InChI is InChI=1S/C4H5ClN2/c5-4-2-1-3-6-7-4/h1-2,4H,3H2. The number of alkyl halides is 1. The van der Waals surface area contributed by atoms with E-state index < -0.39 is 0 Å². The molecule has 2 nitrogen and oxygen atoms in total. The Morgan fingerprint density at radius 2 is 2.57 bits per heavy atom. The Morgan fingerprint density at radius 3 is 2.86 bits per heavy atom. The monoisotopic (exact) mass is 116 g/mol. The molecule has 0 amide bonds. The second-order valence-electron chi connectivity index (χ2n) is 1.24. The van der Waals surface area contributed by atoms with Gasteiger partial charge in [-0.25, -0.2) is 0 Å². The average molecular weight is 117 g/mol. The smallest absolute Gasteiger partial charge is 0.162 e. The van der Waals surface area contributed by atoms with Crippen LogP contribution in [0.5, 0.6) is 0 Å². The second-order valence-corrected chi connectivity index (χ2v) is 1.69. The molecule has 0 fully saturated rings. The Labute approximate surface area is 46.9 Å². The first-order valence-electron chi connectivity index (χ1n) is 2.07. The summed E-state index contributed by atoms with van der Waals surface area (Å²) < 4.78 is 0. The summed E-state index contributed by atoms with van der Waals surface area (Å²) in [4.78, 5) is 0. The summed E-state index contributed by atoms with van der Waals surface area (Å²) in [5.74, 6) is 0. The van der Waals surface area contributed by atoms with Crippen LogP contribution in [0.3, 0.4) is 0 Å². The van der Waals surface area contributed by atoms with Crippen molar-refractivity contribution in [2.24, 2.45) is 10.2 Å². The molecule has 38 valence electrons. The molecule has 0 radical (unpaired) electrons. The van der Waals surface area contributed by atoms with Crippen LogP contribution in [0, 0.1) is 0 Å². The van der Waals surface area contributed by atoms with Crippen LogP contribution in [0.15, 0.2) is 22.4 Å². The SMILES string of the molecule is ClC1C=CCN=N1. The quantitative estimate of drug-likeness (QED) is 0.261. The van der Waals surface area contributed by atoms with Gasteiger partial charge in [-0.15, -0.1) is 0 Å². The highest BCUT2D eigenvalue weighted by Crippen LogP contribution is 2.03. The van der Waals surface area contributed by atoms with Gasteiger partial charge >= 0.3 is 0 Å². The van der Waals surface area contributed by atoms with Gasteiger partial charge in [0, 0.05) is 0 Å². The van der Waals surface area contributed by atoms with Crippen molar-refractivity contribution in [3.8, 4) is 0 Å². The molecule has 0 N–H and O–H groups in total. The molecule has 7 heavy (non-hydrogen) atoms. The summed E-state index contributed by atoms with van der Waals surface area (Å²) in [6.07, 6.45) is 3.71. The number of hydrogen-bond acceptors (Lipinski definition) is 2. The van der Waals surface area contributed by atoms with Crippen LogP contribution in [0.2, 0.25) is 0 Å². The minimum absolute atomic E-state index is 0.214.